The van der Waals surface area contributed by atoms with Crippen molar-refractivity contribution in [3.05, 3.63) is 0 Å². The molecule has 3 heteroatoms. The van der Waals surface area contributed by atoms with Gasteiger partial charge < -0.3 is 15.0 Å². The molecule has 0 spiro atoms. The van der Waals surface area contributed by atoms with Crippen LogP contribution >= 0.6 is 0 Å². The molecule has 1 N–H and O–H groups in total. The normalized spacial score (nSPS) is 31.6. The van der Waals surface area contributed by atoms with Gasteiger partial charge in [0.15, 0.2) is 0 Å². The monoisotopic (exact) mass is 240 g/mol. The molecule has 0 amide bonds. The Bertz CT molecular complexity index is 196. The summed E-state index contributed by atoms with van der Waals surface area (Å²) in [5, 5.41) is 3.42. The quantitative estimate of drug-likeness (QED) is 0.794. The first kappa shape index (κ1) is 13.3. The number of hydrogen-bond donors (Lipinski definition) is 1. The SMILES string of the molecule is CCCOC1CCC(CN2CCNCC2)CC1. The minimum atomic E-state index is 0.564. The molecular formula is C14H28N2O. The van der Waals surface area contributed by atoms with Crippen molar-refractivity contribution >= 4 is 0 Å². The summed E-state index contributed by atoms with van der Waals surface area (Å²) in [6.45, 7) is 9.30. The zero-order valence-electron chi connectivity index (χ0n) is 11.3. The molecule has 0 atom stereocenters. The number of ether oxygens (including phenoxy) is 1. The van der Waals surface area contributed by atoms with Crippen molar-refractivity contribution < 1.29 is 4.74 Å². The molecule has 1 saturated heterocycles. The smallest absolute Gasteiger partial charge is 0.0575 e. The maximum absolute atomic E-state index is 5.85. The molecule has 1 heterocycles. The third kappa shape index (κ3) is 4.57. The van der Waals surface area contributed by atoms with Gasteiger partial charge in [0, 0.05) is 39.3 Å². The summed E-state index contributed by atoms with van der Waals surface area (Å²) in [6, 6.07) is 0. The minimum Gasteiger partial charge on any atom is -0.378 e. The van der Waals surface area contributed by atoms with Gasteiger partial charge in [-0.1, -0.05) is 6.92 Å². The van der Waals surface area contributed by atoms with E-state index in [0.29, 0.717) is 6.10 Å². The van der Waals surface area contributed by atoms with Crippen molar-refractivity contribution in [1.82, 2.24) is 10.2 Å². The van der Waals surface area contributed by atoms with Crippen LogP contribution < -0.4 is 5.32 Å². The first-order valence-corrected chi connectivity index (χ1v) is 7.43. The topological polar surface area (TPSA) is 24.5 Å². The predicted octanol–water partition coefficient (Wildman–Crippen LogP) is 1.88. The van der Waals surface area contributed by atoms with E-state index < -0.39 is 0 Å². The van der Waals surface area contributed by atoms with Gasteiger partial charge in [0.2, 0.25) is 0 Å². The van der Waals surface area contributed by atoms with Crippen molar-refractivity contribution in [1.29, 1.82) is 0 Å². The Morgan fingerprint density at radius 3 is 2.47 bits per heavy atom. The van der Waals surface area contributed by atoms with Crippen LogP contribution in [0.3, 0.4) is 0 Å². The summed E-state index contributed by atoms with van der Waals surface area (Å²) in [5.41, 5.74) is 0. The fourth-order valence-electron chi connectivity index (χ4n) is 3.02. The molecule has 2 fully saturated rings. The molecular weight excluding hydrogens is 212 g/mol. The van der Waals surface area contributed by atoms with Crippen LogP contribution in [-0.4, -0.2) is 50.3 Å². The molecule has 3 nitrogen and oxygen atoms in total. The standard InChI is InChI=1S/C14H28N2O/c1-2-11-17-14-5-3-13(4-6-14)12-16-9-7-15-8-10-16/h13-15H,2-12H2,1H3. The lowest BCUT2D eigenvalue weighted by atomic mass is 9.87. The molecule has 0 radical (unpaired) electrons. The molecule has 17 heavy (non-hydrogen) atoms. The Balaban J connectivity index is 1.61. The lowest BCUT2D eigenvalue weighted by Crippen LogP contribution is -2.45. The van der Waals surface area contributed by atoms with E-state index >= 15 is 0 Å². The fraction of sp³-hybridized carbons (Fsp3) is 1.00. The molecule has 0 aromatic heterocycles. The number of hydrogen-bond acceptors (Lipinski definition) is 3. The molecule has 1 aliphatic heterocycles. The Labute approximate surface area is 106 Å². The van der Waals surface area contributed by atoms with Gasteiger partial charge in [0.1, 0.15) is 0 Å². The summed E-state index contributed by atoms with van der Waals surface area (Å²) < 4.78 is 5.85. The highest BCUT2D eigenvalue weighted by Crippen LogP contribution is 2.27. The zero-order chi connectivity index (χ0) is 11.9. The third-order valence-corrected chi connectivity index (χ3v) is 4.08. The van der Waals surface area contributed by atoms with Gasteiger partial charge in [-0.3, -0.25) is 0 Å². The van der Waals surface area contributed by atoms with Crippen LogP contribution in [0.4, 0.5) is 0 Å². The highest BCUT2D eigenvalue weighted by atomic mass is 16.5. The molecule has 2 rings (SSSR count). The molecule has 1 aliphatic carbocycles. The van der Waals surface area contributed by atoms with E-state index in [0.717, 1.165) is 18.9 Å². The lowest BCUT2D eigenvalue weighted by Gasteiger charge is -2.34. The van der Waals surface area contributed by atoms with Crippen molar-refractivity contribution in [2.24, 2.45) is 5.92 Å². The van der Waals surface area contributed by atoms with Crippen molar-refractivity contribution in [2.75, 3.05) is 39.3 Å². The molecule has 0 unspecified atom stereocenters. The van der Waals surface area contributed by atoms with Crippen LogP contribution in [-0.2, 0) is 4.74 Å². The van der Waals surface area contributed by atoms with E-state index in [1.54, 1.807) is 0 Å². The van der Waals surface area contributed by atoms with E-state index in [2.05, 4.69) is 17.1 Å². The van der Waals surface area contributed by atoms with Gasteiger partial charge in [0.05, 0.1) is 6.10 Å². The number of nitrogens with zero attached hydrogens (tertiary/aromatic N) is 1. The first-order valence-electron chi connectivity index (χ1n) is 7.43. The second-order valence-electron chi connectivity index (χ2n) is 5.56. The van der Waals surface area contributed by atoms with Gasteiger partial charge in [-0.25, -0.2) is 0 Å². The van der Waals surface area contributed by atoms with E-state index in [-0.39, 0.29) is 0 Å². The summed E-state index contributed by atoms with van der Waals surface area (Å²) in [5.74, 6) is 0.926. The summed E-state index contributed by atoms with van der Waals surface area (Å²) in [4.78, 5) is 2.63. The van der Waals surface area contributed by atoms with E-state index in [9.17, 15) is 0 Å². The number of rotatable bonds is 5. The van der Waals surface area contributed by atoms with Crippen LogP contribution in [0.5, 0.6) is 0 Å². The van der Waals surface area contributed by atoms with Crippen molar-refractivity contribution in [3.63, 3.8) is 0 Å². The molecule has 1 saturated carbocycles. The van der Waals surface area contributed by atoms with E-state index in [1.807, 2.05) is 0 Å². The van der Waals surface area contributed by atoms with Gasteiger partial charge in [0.25, 0.3) is 0 Å². The van der Waals surface area contributed by atoms with Crippen molar-refractivity contribution in [2.45, 2.75) is 45.1 Å². The minimum absolute atomic E-state index is 0.564. The predicted molar refractivity (Wildman–Crippen MR) is 71.3 cm³/mol. The van der Waals surface area contributed by atoms with Crippen LogP contribution in [0.15, 0.2) is 0 Å². The second-order valence-corrected chi connectivity index (χ2v) is 5.56. The van der Waals surface area contributed by atoms with Gasteiger partial charge in [-0.05, 0) is 38.0 Å². The summed E-state index contributed by atoms with van der Waals surface area (Å²) in [7, 11) is 0. The van der Waals surface area contributed by atoms with Crippen LogP contribution in [0.2, 0.25) is 0 Å². The van der Waals surface area contributed by atoms with Crippen LogP contribution in [0.25, 0.3) is 0 Å². The summed E-state index contributed by atoms with van der Waals surface area (Å²) in [6.07, 6.45) is 7.04. The molecule has 2 aliphatic rings. The third-order valence-electron chi connectivity index (χ3n) is 4.08. The Morgan fingerprint density at radius 2 is 1.82 bits per heavy atom. The number of nitrogens with one attached hydrogen (secondary N) is 1. The average molecular weight is 240 g/mol. The van der Waals surface area contributed by atoms with Gasteiger partial charge >= 0.3 is 0 Å². The van der Waals surface area contributed by atoms with E-state index in [4.69, 9.17) is 4.74 Å². The van der Waals surface area contributed by atoms with E-state index in [1.165, 1.54) is 58.4 Å². The average Bonchev–Trinajstić information content (AvgIpc) is 2.39. The maximum Gasteiger partial charge on any atom is 0.0575 e. The van der Waals surface area contributed by atoms with Gasteiger partial charge in [-0.15, -0.1) is 0 Å². The largest absolute Gasteiger partial charge is 0.378 e. The lowest BCUT2D eigenvalue weighted by molar-refractivity contribution is 0.0138. The Morgan fingerprint density at radius 1 is 1.12 bits per heavy atom. The highest BCUT2D eigenvalue weighted by Gasteiger charge is 2.23. The van der Waals surface area contributed by atoms with Crippen LogP contribution in [0, 0.1) is 5.92 Å². The summed E-state index contributed by atoms with van der Waals surface area (Å²) >= 11 is 0. The Hall–Kier alpha value is -0.120. The van der Waals surface area contributed by atoms with Crippen LogP contribution in [0.1, 0.15) is 39.0 Å². The second kappa shape index (κ2) is 7.34. The molecule has 0 bridgehead atoms. The zero-order valence-corrected chi connectivity index (χ0v) is 11.3. The van der Waals surface area contributed by atoms with Gasteiger partial charge in [-0.2, -0.15) is 0 Å². The van der Waals surface area contributed by atoms with Crippen molar-refractivity contribution in [3.8, 4) is 0 Å². The molecule has 100 valence electrons. The first-order chi connectivity index (χ1) is 8.38. The fourth-order valence-corrected chi connectivity index (χ4v) is 3.02. The molecule has 0 aromatic rings. The highest BCUT2D eigenvalue weighted by molar-refractivity contribution is 4.77. The molecule has 0 aromatic carbocycles. The Kier molecular flexibility index (Phi) is 5.75. The maximum atomic E-state index is 5.85. The number of piperazine rings is 1.